The Morgan fingerprint density at radius 1 is 1.12 bits per heavy atom. The molecular formula is C27H31NO4. The summed E-state index contributed by atoms with van der Waals surface area (Å²) in [7, 11) is 0. The first-order valence-electron chi connectivity index (χ1n) is 10.9. The Hall–Kier alpha value is -3.31. The van der Waals surface area contributed by atoms with E-state index < -0.39 is 12.1 Å². The molecular weight excluding hydrogens is 402 g/mol. The van der Waals surface area contributed by atoms with Crippen LogP contribution in [0.4, 0.5) is 0 Å². The molecule has 2 aromatic carbocycles. The SMILES string of the molecule is C=C(C)C(=O)OC/C=C/CC(O)COc1ccc2cc(-c3ccccc3)n(C(C)C)c2c1. The number of rotatable bonds is 10. The van der Waals surface area contributed by atoms with Crippen molar-refractivity contribution >= 4 is 16.9 Å². The van der Waals surface area contributed by atoms with E-state index in [0.717, 1.165) is 16.7 Å². The fraction of sp³-hybridized carbons (Fsp3) is 0.296. The second kappa shape index (κ2) is 10.8. The third kappa shape index (κ3) is 5.89. The lowest BCUT2D eigenvalue weighted by Crippen LogP contribution is -2.16. The van der Waals surface area contributed by atoms with Crippen LogP contribution in [0.3, 0.4) is 0 Å². The summed E-state index contributed by atoms with van der Waals surface area (Å²) in [6, 6.07) is 18.9. The Labute approximate surface area is 189 Å². The molecule has 0 aliphatic rings. The molecule has 168 valence electrons. The summed E-state index contributed by atoms with van der Waals surface area (Å²) >= 11 is 0. The van der Waals surface area contributed by atoms with E-state index in [0.29, 0.717) is 12.0 Å². The van der Waals surface area contributed by atoms with Crippen molar-refractivity contribution in [2.45, 2.75) is 39.3 Å². The molecule has 32 heavy (non-hydrogen) atoms. The van der Waals surface area contributed by atoms with Crippen molar-refractivity contribution < 1.29 is 19.4 Å². The van der Waals surface area contributed by atoms with Gasteiger partial charge in [-0.3, -0.25) is 0 Å². The van der Waals surface area contributed by atoms with Gasteiger partial charge < -0.3 is 19.1 Å². The summed E-state index contributed by atoms with van der Waals surface area (Å²) in [6.45, 7) is 9.81. The van der Waals surface area contributed by atoms with Crippen molar-refractivity contribution in [2.24, 2.45) is 0 Å². The first kappa shape index (κ1) is 23.4. The summed E-state index contributed by atoms with van der Waals surface area (Å²) in [5, 5.41) is 11.4. The number of ether oxygens (including phenoxy) is 2. The van der Waals surface area contributed by atoms with E-state index >= 15 is 0 Å². The van der Waals surface area contributed by atoms with Gasteiger partial charge in [-0.2, -0.15) is 0 Å². The van der Waals surface area contributed by atoms with Crippen LogP contribution >= 0.6 is 0 Å². The van der Waals surface area contributed by atoms with Gasteiger partial charge in [0.1, 0.15) is 19.0 Å². The highest BCUT2D eigenvalue weighted by molar-refractivity contribution is 5.88. The Bertz CT molecular complexity index is 1100. The zero-order chi connectivity index (χ0) is 23.1. The minimum absolute atomic E-state index is 0.159. The van der Waals surface area contributed by atoms with Crippen LogP contribution in [0.2, 0.25) is 0 Å². The van der Waals surface area contributed by atoms with Crippen molar-refractivity contribution in [1.29, 1.82) is 0 Å². The number of aliphatic hydroxyl groups is 1. The van der Waals surface area contributed by atoms with Crippen LogP contribution in [-0.4, -0.2) is 35.0 Å². The van der Waals surface area contributed by atoms with Crippen molar-refractivity contribution in [1.82, 2.24) is 4.57 Å². The first-order valence-corrected chi connectivity index (χ1v) is 10.9. The summed E-state index contributed by atoms with van der Waals surface area (Å²) in [6.07, 6.45) is 3.24. The van der Waals surface area contributed by atoms with E-state index in [1.165, 1.54) is 11.3 Å². The first-order chi connectivity index (χ1) is 15.4. The van der Waals surface area contributed by atoms with Crippen LogP contribution in [-0.2, 0) is 9.53 Å². The molecule has 0 saturated carbocycles. The average molecular weight is 434 g/mol. The fourth-order valence-corrected chi connectivity index (χ4v) is 3.51. The molecule has 0 fully saturated rings. The molecule has 0 spiro atoms. The van der Waals surface area contributed by atoms with E-state index in [-0.39, 0.29) is 19.3 Å². The Kier molecular flexibility index (Phi) is 7.90. The summed E-state index contributed by atoms with van der Waals surface area (Å²) in [4.78, 5) is 11.3. The van der Waals surface area contributed by atoms with Crippen molar-refractivity contribution in [2.75, 3.05) is 13.2 Å². The molecule has 1 atom stereocenters. The highest BCUT2D eigenvalue weighted by Gasteiger charge is 2.14. The monoisotopic (exact) mass is 433 g/mol. The number of hydrogen-bond donors (Lipinski definition) is 1. The lowest BCUT2D eigenvalue weighted by Gasteiger charge is -2.16. The van der Waals surface area contributed by atoms with Crippen molar-refractivity contribution in [3.8, 4) is 17.0 Å². The predicted octanol–water partition coefficient (Wildman–Crippen LogP) is 5.69. The maximum Gasteiger partial charge on any atom is 0.333 e. The maximum atomic E-state index is 11.3. The highest BCUT2D eigenvalue weighted by Crippen LogP contribution is 2.33. The smallest absolute Gasteiger partial charge is 0.333 e. The van der Waals surface area contributed by atoms with Gasteiger partial charge >= 0.3 is 5.97 Å². The quantitative estimate of drug-likeness (QED) is 0.253. The second-order valence-electron chi connectivity index (χ2n) is 8.13. The molecule has 1 unspecified atom stereocenters. The molecule has 5 heteroatoms. The van der Waals surface area contributed by atoms with Gasteiger partial charge in [-0.25, -0.2) is 4.79 Å². The van der Waals surface area contributed by atoms with Crippen molar-refractivity contribution in [3.05, 3.63) is 78.9 Å². The van der Waals surface area contributed by atoms with Crippen LogP contribution in [0, 0.1) is 0 Å². The molecule has 0 aliphatic heterocycles. The molecule has 1 aromatic heterocycles. The zero-order valence-corrected chi connectivity index (χ0v) is 19.0. The van der Waals surface area contributed by atoms with Gasteiger partial charge in [0.15, 0.2) is 0 Å². The standard InChI is InChI=1S/C27H31NO4/c1-19(2)27(30)31-15-9-8-12-23(29)18-32-24-14-13-22-16-25(21-10-6-5-7-11-21)28(20(3)4)26(22)17-24/h5-11,13-14,16-17,20,23,29H,1,12,15,18H2,2-4H3/b9-8+. The number of benzene rings is 2. The van der Waals surface area contributed by atoms with Gasteiger partial charge in [-0.15, -0.1) is 0 Å². The zero-order valence-electron chi connectivity index (χ0n) is 19.0. The lowest BCUT2D eigenvalue weighted by atomic mass is 10.1. The van der Waals surface area contributed by atoms with Gasteiger partial charge in [0.25, 0.3) is 0 Å². The third-order valence-corrected chi connectivity index (χ3v) is 5.08. The number of carbonyl (C=O) groups is 1. The van der Waals surface area contributed by atoms with E-state index in [1.54, 1.807) is 19.1 Å². The van der Waals surface area contributed by atoms with Crippen LogP contribution < -0.4 is 4.74 Å². The van der Waals surface area contributed by atoms with Crippen LogP contribution in [0.1, 0.15) is 33.2 Å². The minimum Gasteiger partial charge on any atom is -0.491 e. The summed E-state index contributed by atoms with van der Waals surface area (Å²) in [5.74, 6) is 0.297. The van der Waals surface area contributed by atoms with Crippen LogP contribution in [0.5, 0.6) is 5.75 Å². The van der Waals surface area contributed by atoms with Gasteiger partial charge in [0.05, 0.1) is 11.6 Å². The van der Waals surface area contributed by atoms with E-state index in [2.05, 4.69) is 49.3 Å². The van der Waals surface area contributed by atoms with Crippen LogP contribution in [0.15, 0.2) is 78.9 Å². The molecule has 0 aliphatic carbocycles. The van der Waals surface area contributed by atoms with Gasteiger partial charge in [0.2, 0.25) is 0 Å². The molecule has 0 bridgehead atoms. The summed E-state index contributed by atoms with van der Waals surface area (Å²) in [5.41, 5.74) is 3.81. The summed E-state index contributed by atoms with van der Waals surface area (Å²) < 4.78 is 13.1. The van der Waals surface area contributed by atoms with Crippen LogP contribution in [0.25, 0.3) is 22.2 Å². The van der Waals surface area contributed by atoms with Gasteiger partial charge in [-0.1, -0.05) is 49.1 Å². The number of nitrogens with zero attached hydrogens (tertiary/aromatic N) is 1. The number of aliphatic hydroxyl groups excluding tert-OH is 1. The Morgan fingerprint density at radius 3 is 2.56 bits per heavy atom. The average Bonchev–Trinajstić information content (AvgIpc) is 3.17. The second-order valence-corrected chi connectivity index (χ2v) is 8.13. The number of esters is 1. The molecule has 3 aromatic rings. The largest absolute Gasteiger partial charge is 0.491 e. The topological polar surface area (TPSA) is 60.7 Å². The van der Waals surface area contributed by atoms with Crippen molar-refractivity contribution in [3.63, 3.8) is 0 Å². The Balaban J connectivity index is 1.64. The molecule has 5 nitrogen and oxygen atoms in total. The molecule has 1 N–H and O–H groups in total. The molecule has 0 radical (unpaired) electrons. The lowest BCUT2D eigenvalue weighted by molar-refractivity contribution is -0.137. The van der Waals surface area contributed by atoms with E-state index in [9.17, 15) is 9.90 Å². The van der Waals surface area contributed by atoms with Gasteiger partial charge in [-0.05, 0) is 51.0 Å². The fourth-order valence-electron chi connectivity index (χ4n) is 3.51. The third-order valence-electron chi connectivity index (χ3n) is 5.08. The molecule has 3 rings (SSSR count). The molecule has 0 amide bonds. The number of fused-ring (bicyclic) bond motifs is 1. The normalized spacial score (nSPS) is 12.4. The highest BCUT2D eigenvalue weighted by atomic mass is 16.5. The number of aromatic nitrogens is 1. The maximum absolute atomic E-state index is 11.3. The molecule has 0 saturated heterocycles. The number of hydrogen-bond acceptors (Lipinski definition) is 4. The van der Waals surface area contributed by atoms with Gasteiger partial charge in [0, 0.05) is 28.8 Å². The number of carbonyl (C=O) groups excluding carboxylic acids is 1. The van der Waals surface area contributed by atoms with E-state index in [1.807, 2.05) is 30.3 Å². The minimum atomic E-state index is -0.657. The molecule has 1 heterocycles. The van der Waals surface area contributed by atoms with E-state index in [4.69, 9.17) is 9.47 Å². The predicted molar refractivity (Wildman–Crippen MR) is 129 cm³/mol. The Morgan fingerprint density at radius 2 is 1.88 bits per heavy atom.